The van der Waals surface area contributed by atoms with Gasteiger partial charge in [-0.3, -0.25) is 4.79 Å². The zero-order chi connectivity index (χ0) is 16.4. The molecule has 128 valence electrons. The van der Waals surface area contributed by atoms with Crippen LogP contribution in [0.4, 0.5) is 0 Å². The molecule has 1 amide bonds. The molecule has 0 bridgehead atoms. The molecule has 0 unspecified atom stereocenters. The Labute approximate surface area is 139 Å². The summed E-state index contributed by atoms with van der Waals surface area (Å²) in [6, 6.07) is 0.457. The number of likely N-dealkylation sites (tertiary alicyclic amines) is 1. The van der Waals surface area contributed by atoms with Crippen LogP contribution in [-0.4, -0.2) is 29.6 Å². The third kappa shape index (κ3) is 1.90. The Hall–Kier alpha value is -1.06. The van der Waals surface area contributed by atoms with Gasteiger partial charge in [-0.1, -0.05) is 13.8 Å². The van der Waals surface area contributed by atoms with Crippen molar-refractivity contribution in [2.45, 2.75) is 71.3 Å². The molecule has 23 heavy (non-hydrogen) atoms. The van der Waals surface area contributed by atoms with E-state index in [4.69, 9.17) is 5.84 Å². The van der Waals surface area contributed by atoms with Crippen LogP contribution in [0, 0.1) is 28.6 Å². The maximum absolute atomic E-state index is 12.2. The van der Waals surface area contributed by atoms with Gasteiger partial charge in [-0.05, 0) is 68.1 Å². The van der Waals surface area contributed by atoms with Crippen LogP contribution in [0.3, 0.4) is 0 Å². The molecule has 1 aliphatic heterocycles. The third-order valence-electron chi connectivity index (χ3n) is 8.45. The number of nitrogens with zero attached hydrogens (tertiary/aromatic N) is 2. The molecule has 6 atom stereocenters. The van der Waals surface area contributed by atoms with E-state index in [2.05, 4.69) is 23.8 Å². The van der Waals surface area contributed by atoms with Crippen molar-refractivity contribution in [2.75, 3.05) is 7.05 Å². The van der Waals surface area contributed by atoms with Gasteiger partial charge in [0.25, 0.3) is 0 Å². The highest BCUT2D eigenvalue weighted by molar-refractivity contribution is 5.92. The lowest BCUT2D eigenvalue weighted by Gasteiger charge is -2.61. The average Bonchev–Trinajstić information content (AvgIpc) is 2.88. The second kappa shape index (κ2) is 4.97. The molecule has 3 saturated carbocycles. The zero-order valence-electron chi connectivity index (χ0n) is 14.8. The Balaban J connectivity index is 1.66. The van der Waals surface area contributed by atoms with Crippen molar-refractivity contribution in [1.29, 1.82) is 0 Å². The van der Waals surface area contributed by atoms with Gasteiger partial charge in [-0.25, -0.2) is 0 Å². The third-order valence-corrected chi connectivity index (χ3v) is 8.45. The van der Waals surface area contributed by atoms with Crippen molar-refractivity contribution < 1.29 is 4.79 Å². The van der Waals surface area contributed by atoms with Crippen LogP contribution in [-0.2, 0) is 4.79 Å². The average molecular weight is 317 g/mol. The van der Waals surface area contributed by atoms with Crippen molar-refractivity contribution >= 4 is 11.6 Å². The van der Waals surface area contributed by atoms with Gasteiger partial charge in [-0.2, -0.15) is 5.10 Å². The predicted molar refractivity (Wildman–Crippen MR) is 91.8 cm³/mol. The first-order valence-electron chi connectivity index (χ1n) is 9.44. The number of carbonyl (C=O) groups is 1. The Morgan fingerprint density at radius 3 is 2.61 bits per heavy atom. The van der Waals surface area contributed by atoms with Gasteiger partial charge in [0.2, 0.25) is 5.91 Å². The minimum atomic E-state index is 0.246. The van der Waals surface area contributed by atoms with Crippen LogP contribution >= 0.6 is 0 Å². The number of hydrogen-bond donors (Lipinski definition) is 1. The van der Waals surface area contributed by atoms with E-state index in [1.807, 2.05) is 7.05 Å². The summed E-state index contributed by atoms with van der Waals surface area (Å²) in [6.07, 6.45) is 9.17. The van der Waals surface area contributed by atoms with Crippen LogP contribution in [0.2, 0.25) is 0 Å². The van der Waals surface area contributed by atoms with E-state index in [1.165, 1.54) is 37.8 Å². The first-order valence-corrected chi connectivity index (χ1v) is 9.44. The lowest BCUT2D eigenvalue weighted by molar-refractivity contribution is -0.155. The molecule has 4 fully saturated rings. The summed E-state index contributed by atoms with van der Waals surface area (Å²) in [7, 11) is 2.03. The summed E-state index contributed by atoms with van der Waals surface area (Å²) in [5, 5.41) is 4.17. The zero-order valence-corrected chi connectivity index (χ0v) is 14.8. The van der Waals surface area contributed by atoms with Gasteiger partial charge < -0.3 is 10.7 Å². The van der Waals surface area contributed by atoms with Crippen LogP contribution in [0.1, 0.15) is 65.2 Å². The second-order valence-corrected chi connectivity index (χ2v) is 9.05. The topological polar surface area (TPSA) is 58.7 Å². The molecule has 4 rings (SSSR count). The van der Waals surface area contributed by atoms with Crippen molar-refractivity contribution in [3.63, 3.8) is 0 Å². The highest BCUT2D eigenvalue weighted by Crippen LogP contribution is 2.63. The first kappa shape index (κ1) is 15.5. The van der Waals surface area contributed by atoms with Crippen molar-refractivity contribution in [2.24, 2.45) is 39.5 Å². The molecule has 0 aromatic carbocycles. The number of carbonyl (C=O) groups excluding carboxylic acids is 1. The van der Waals surface area contributed by atoms with E-state index in [0.717, 1.165) is 37.0 Å². The summed E-state index contributed by atoms with van der Waals surface area (Å²) in [4.78, 5) is 14.2. The molecule has 4 aliphatic rings. The fourth-order valence-electron chi connectivity index (χ4n) is 7.15. The fourth-order valence-corrected chi connectivity index (χ4v) is 7.15. The maximum Gasteiger partial charge on any atom is 0.222 e. The summed E-state index contributed by atoms with van der Waals surface area (Å²) in [6.45, 7) is 4.89. The Morgan fingerprint density at radius 1 is 1.09 bits per heavy atom. The highest BCUT2D eigenvalue weighted by atomic mass is 16.2. The molecule has 0 radical (unpaired) electrons. The number of nitrogens with two attached hydrogens (primary N) is 1. The molecular weight excluding hydrogens is 286 g/mol. The Bertz CT molecular complexity index is 559. The van der Waals surface area contributed by atoms with E-state index in [0.29, 0.717) is 17.4 Å². The lowest BCUT2D eigenvalue weighted by Crippen LogP contribution is -2.61. The summed E-state index contributed by atoms with van der Waals surface area (Å²) in [5.74, 6) is 8.38. The fraction of sp³-hybridized carbons (Fsp3) is 0.895. The van der Waals surface area contributed by atoms with Gasteiger partial charge in [-0.15, -0.1) is 0 Å². The minimum Gasteiger partial charge on any atom is -0.342 e. The van der Waals surface area contributed by atoms with E-state index < -0.39 is 0 Å². The van der Waals surface area contributed by atoms with Gasteiger partial charge in [0.15, 0.2) is 0 Å². The number of hydrogen-bond acceptors (Lipinski definition) is 3. The van der Waals surface area contributed by atoms with Gasteiger partial charge in [0.05, 0.1) is 0 Å². The standard InChI is InChI=1S/C19H31N3O/c1-18-10-8-14-12(13(18)5-6-15(18)21-20)4-7-16-19(14,2)11-9-17(23)22(16)3/h12-14,16H,4-11,20H2,1-3H3/t12-,13-,14-,16+,18-,19+/m0/s1. The molecule has 0 aromatic rings. The number of hydrazone groups is 1. The van der Waals surface area contributed by atoms with Gasteiger partial charge in [0.1, 0.15) is 0 Å². The van der Waals surface area contributed by atoms with Crippen molar-refractivity contribution in [3.8, 4) is 0 Å². The summed E-state index contributed by atoms with van der Waals surface area (Å²) in [5.41, 5.74) is 1.83. The molecule has 0 spiro atoms. The minimum absolute atomic E-state index is 0.246. The van der Waals surface area contributed by atoms with Gasteiger partial charge in [0, 0.05) is 30.6 Å². The second-order valence-electron chi connectivity index (χ2n) is 9.05. The maximum atomic E-state index is 12.2. The molecule has 0 aromatic heterocycles. The number of piperidine rings is 1. The smallest absolute Gasteiger partial charge is 0.222 e. The van der Waals surface area contributed by atoms with Crippen LogP contribution in [0.25, 0.3) is 0 Å². The van der Waals surface area contributed by atoms with E-state index >= 15 is 0 Å². The Kier molecular flexibility index (Phi) is 3.34. The quantitative estimate of drug-likeness (QED) is 0.551. The number of amides is 1. The summed E-state index contributed by atoms with van der Waals surface area (Å²) >= 11 is 0. The van der Waals surface area contributed by atoms with Gasteiger partial charge >= 0.3 is 0 Å². The molecule has 1 heterocycles. The molecule has 3 aliphatic carbocycles. The molecule has 2 N–H and O–H groups in total. The highest BCUT2D eigenvalue weighted by Gasteiger charge is 2.60. The molecule has 4 heteroatoms. The molecule has 1 saturated heterocycles. The normalized spacial score (nSPS) is 51.3. The number of fused-ring (bicyclic) bond motifs is 5. The monoisotopic (exact) mass is 317 g/mol. The lowest BCUT2D eigenvalue weighted by atomic mass is 9.47. The van der Waals surface area contributed by atoms with E-state index in [1.54, 1.807) is 0 Å². The predicted octanol–water partition coefficient (Wildman–Crippen LogP) is 3.16. The molecular formula is C19H31N3O. The Morgan fingerprint density at radius 2 is 1.87 bits per heavy atom. The van der Waals surface area contributed by atoms with Crippen molar-refractivity contribution in [1.82, 2.24) is 4.90 Å². The summed E-state index contributed by atoms with van der Waals surface area (Å²) < 4.78 is 0. The SMILES string of the molecule is CN1C(=O)CC[C@]2(C)[C@H]3CC[C@]4(C)C(=NN)CC[C@H]4[C@@H]3CC[C@@H]12. The first-order chi connectivity index (χ1) is 10.9. The largest absolute Gasteiger partial charge is 0.342 e. The van der Waals surface area contributed by atoms with E-state index in [-0.39, 0.29) is 5.41 Å². The van der Waals surface area contributed by atoms with Crippen molar-refractivity contribution in [3.05, 3.63) is 0 Å². The van der Waals surface area contributed by atoms with Crippen LogP contribution in [0.15, 0.2) is 5.10 Å². The number of rotatable bonds is 0. The molecule has 4 nitrogen and oxygen atoms in total. The van der Waals surface area contributed by atoms with Crippen LogP contribution < -0.4 is 5.84 Å². The van der Waals surface area contributed by atoms with E-state index in [9.17, 15) is 4.79 Å². The van der Waals surface area contributed by atoms with Crippen LogP contribution in [0.5, 0.6) is 0 Å².